The van der Waals surface area contributed by atoms with E-state index in [2.05, 4.69) is 17.1 Å². The normalized spacial score (nSPS) is 24.8. The Hall–Kier alpha value is -0.0700. The smallest absolute Gasteiger partial charge is 0.250 e. The first-order chi connectivity index (χ1) is 8.20. The summed E-state index contributed by atoms with van der Waals surface area (Å²) < 4.78 is 5.49. The number of nitrogens with two attached hydrogens (primary N) is 1. The van der Waals surface area contributed by atoms with E-state index in [4.69, 9.17) is 10.5 Å². The molecule has 1 saturated carbocycles. The highest BCUT2D eigenvalue weighted by Crippen LogP contribution is 2.31. The zero-order chi connectivity index (χ0) is 12.3. The van der Waals surface area contributed by atoms with E-state index >= 15 is 0 Å². The molecular formula is C12H25Cl2N3O2. The molecule has 2 fully saturated rings. The molecule has 1 heterocycles. The van der Waals surface area contributed by atoms with Crippen molar-refractivity contribution in [2.24, 2.45) is 11.7 Å². The number of morpholine rings is 1. The van der Waals surface area contributed by atoms with Gasteiger partial charge < -0.3 is 15.8 Å². The van der Waals surface area contributed by atoms with E-state index in [-0.39, 0.29) is 42.9 Å². The van der Waals surface area contributed by atoms with Crippen molar-refractivity contribution in [3.63, 3.8) is 0 Å². The van der Waals surface area contributed by atoms with Gasteiger partial charge in [-0.25, -0.2) is 0 Å². The van der Waals surface area contributed by atoms with Gasteiger partial charge >= 0.3 is 0 Å². The molecule has 7 heteroatoms. The van der Waals surface area contributed by atoms with Crippen molar-refractivity contribution >= 4 is 30.7 Å². The number of nitrogens with one attached hydrogen (secondary N) is 1. The molecule has 1 saturated heterocycles. The zero-order valence-electron chi connectivity index (χ0n) is 11.3. The first-order valence-electron chi connectivity index (χ1n) is 6.58. The highest BCUT2D eigenvalue weighted by atomic mass is 35.5. The molecule has 3 N–H and O–H groups in total. The minimum Gasteiger partial charge on any atom is -0.366 e. The molecule has 0 aromatic rings. The number of amides is 1. The summed E-state index contributed by atoms with van der Waals surface area (Å²) in [5.41, 5.74) is 5.94. The van der Waals surface area contributed by atoms with Gasteiger partial charge in [0.15, 0.2) is 0 Å². The van der Waals surface area contributed by atoms with Crippen molar-refractivity contribution in [1.82, 2.24) is 10.2 Å². The van der Waals surface area contributed by atoms with Crippen LogP contribution < -0.4 is 11.1 Å². The summed E-state index contributed by atoms with van der Waals surface area (Å²) >= 11 is 0. The van der Waals surface area contributed by atoms with Crippen LogP contribution in [0.2, 0.25) is 0 Å². The fourth-order valence-electron chi connectivity index (χ4n) is 2.17. The average Bonchev–Trinajstić information content (AvgIpc) is 3.19. The first-order valence-corrected chi connectivity index (χ1v) is 6.58. The largest absolute Gasteiger partial charge is 0.366 e. The molecule has 2 atom stereocenters. The molecule has 114 valence electrons. The molecule has 5 nitrogen and oxygen atoms in total. The molecule has 1 amide bonds. The number of ether oxygens (including phenoxy) is 1. The molecule has 2 unspecified atom stereocenters. The quantitative estimate of drug-likeness (QED) is 0.771. The van der Waals surface area contributed by atoms with E-state index in [0.29, 0.717) is 25.6 Å². The predicted octanol–water partition coefficient (Wildman–Crippen LogP) is 0.404. The Labute approximate surface area is 127 Å². The van der Waals surface area contributed by atoms with Crippen LogP contribution in [0.1, 0.15) is 19.8 Å². The van der Waals surface area contributed by atoms with Crippen LogP contribution in [-0.2, 0) is 9.53 Å². The van der Waals surface area contributed by atoms with Crippen LogP contribution in [-0.4, -0.2) is 55.7 Å². The summed E-state index contributed by atoms with van der Waals surface area (Å²) in [7, 11) is 0. The van der Waals surface area contributed by atoms with Crippen LogP contribution in [0.4, 0.5) is 0 Å². The van der Waals surface area contributed by atoms with Gasteiger partial charge in [-0.2, -0.15) is 0 Å². The summed E-state index contributed by atoms with van der Waals surface area (Å²) in [6.45, 7) is 5.90. The van der Waals surface area contributed by atoms with Crippen molar-refractivity contribution in [1.29, 1.82) is 0 Å². The van der Waals surface area contributed by atoms with Crippen LogP contribution in [0.3, 0.4) is 0 Å². The summed E-state index contributed by atoms with van der Waals surface area (Å²) in [5.74, 6) is 0.606. The lowest BCUT2D eigenvalue weighted by Gasteiger charge is -2.31. The van der Waals surface area contributed by atoms with Gasteiger partial charge in [0, 0.05) is 25.7 Å². The monoisotopic (exact) mass is 313 g/mol. The van der Waals surface area contributed by atoms with Gasteiger partial charge in [-0.1, -0.05) is 6.92 Å². The van der Waals surface area contributed by atoms with Gasteiger partial charge in [0.1, 0.15) is 6.10 Å². The lowest BCUT2D eigenvalue weighted by atomic mass is 10.2. The third-order valence-corrected chi connectivity index (χ3v) is 3.63. The standard InChI is InChI=1S/C12H23N3O2.2ClH/c1-2-15-5-6-17-11(8-15)12(16)14-7-10(13)9-3-4-9;;/h9-11H,2-8,13H2,1H3,(H,14,16);2*1H. The average molecular weight is 314 g/mol. The van der Waals surface area contributed by atoms with E-state index in [1.54, 1.807) is 0 Å². The van der Waals surface area contributed by atoms with Crippen molar-refractivity contribution in [2.75, 3.05) is 32.8 Å². The number of rotatable bonds is 5. The number of likely N-dealkylation sites (N-methyl/N-ethyl adjacent to an activating group) is 1. The predicted molar refractivity (Wildman–Crippen MR) is 80.1 cm³/mol. The molecule has 0 radical (unpaired) electrons. The Morgan fingerprint density at radius 2 is 2.16 bits per heavy atom. The Balaban J connectivity index is 0.00000162. The van der Waals surface area contributed by atoms with Crippen LogP contribution in [0.5, 0.6) is 0 Å². The number of carbonyl (C=O) groups is 1. The molecule has 2 rings (SSSR count). The van der Waals surface area contributed by atoms with Gasteiger partial charge in [-0.05, 0) is 25.3 Å². The van der Waals surface area contributed by atoms with E-state index in [1.807, 2.05) is 0 Å². The topological polar surface area (TPSA) is 67.6 Å². The van der Waals surface area contributed by atoms with Crippen molar-refractivity contribution in [2.45, 2.75) is 31.9 Å². The Bertz CT molecular complexity index is 278. The highest BCUT2D eigenvalue weighted by Gasteiger charge is 2.30. The fourth-order valence-corrected chi connectivity index (χ4v) is 2.17. The maximum absolute atomic E-state index is 11.9. The number of carbonyl (C=O) groups excluding carboxylic acids is 1. The van der Waals surface area contributed by atoms with Crippen LogP contribution in [0.15, 0.2) is 0 Å². The number of hydrogen-bond acceptors (Lipinski definition) is 4. The zero-order valence-corrected chi connectivity index (χ0v) is 13.0. The van der Waals surface area contributed by atoms with E-state index in [9.17, 15) is 4.79 Å². The second kappa shape index (κ2) is 8.97. The van der Waals surface area contributed by atoms with Crippen molar-refractivity contribution < 1.29 is 9.53 Å². The number of halogens is 2. The molecule has 0 spiro atoms. The maximum atomic E-state index is 11.9. The molecule has 2 aliphatic rings. The minimum absolute atomic E-state index is 0. The summed E-state index contributed by atoms with van der Waals surface area (Å²) in [6, 6.07) is 0.116. The highest BCUT2D eigenvalue weighted by molar-refractivity contribution is 5.85. The summed E-state index contributed by atoms with van der Waals surface area (Å²) in [4.78, 5) is 14.1. The Morgan fingerprint density at radius 3 is 2.74 bits per heavy atom. The lowest BCUT2D eigenvalue weighted by molar-refractivity contribution is -0.138. The number of nitrogens with zero attached hydrogens (tertiary/aromatic N) is 1. The van der Waals surface area contributed by atoms with E-state index in [1.165, 1.54) is 12.8 Å². The molecule has 19 heavy (non-hydrogen) atoms. The molecule has 1 aliphatic carbocycles. The van der Waals surface area contributed by atoms with Crippen LogP contribution in [0.25, 0.3) is 0 Å². The first kappa shape index (κ1) is 18.9. The van der Waals surface area contributed by atoms with Gasteiger partial charge in [-0.15, -0.1) is 24.8 Å². The number of hydrogen-bond donors (Lipinski definition) is 2. The third kappa shape index (κ3) is 5.83. The van der Waals surface area contributed by atoms with E-state index in [0.717, 1.165) is 13.1 Å². The second-order valence-corrected chi connectivity index (χ2v) is 5.00. The summed E-state index contributed by atoms with van der Waals surface area (Å²) in [5, 5.41) is 2.90. The van der Waals surface area contributed by atoms with Gasteiger partial charge in [0.05, 0.1) is 6.61 Å². The van der Waals surface area contributed by atoms with Gasteiger partial charge in [0.25, 0.3) is 5.91 Å². The third-order valence-electron chi connectivity index (χ3n) is 3.63. The fraction of sp³-hybridized carbons (Fsp3) is 0.917. The molecule has 0 bridgehead atoms. The van der Waals surface area contributed by atoms with Crippen LogP contribution in [0, 0.1) is 5.92 Å². The minimum atomic E-state index is -0.324. The molecule has 1 aliphatic heterocycles. The second-order valence-electron chi connectivity index (χ2n) is 5.00. The van der Waals surface area contributed by atoms with Crippen LogP contribution >= 0.6 is 24.8 Å². The van der Waals surface area contributed by atoms with Gasteiger partial charge in [-0.3, -0.25) is 9.69 Å². The van der Waals surface area contributed by atoms with Gasteiger partial charge in [0.2, 0.25) is 0 Å². The molecule has 0 aromatic carbocycles. The summed E-state index contributed by atoms with van der Waals surface area (Å²) in [6.07, 6.45) is 2.09. The Kier molecular flexibility index (Phi) is 8.94. The maximum Gasteiger partial charge on any atom is 0.250 e. The lowest BCUT2D eigenvalue weighted by Crippen LogP contribution is -2.51. The SMILES string of the molecule is CCN1CCOC(C(=O)NCC(N)C2CC2)C1.Cl.Cl. The molecular weight excluding hydrogens is 289 g/mol. The van der Waals surface area contributed by atoms with Crippen molar-refractivity contribution in [3.8, 4) is 0 Å². The van der Waals surface area contributed by atoms with E-state index < -0.39 is 0 Å². The molecule has 0 aromatic heterocycles. The van der Waals surface area contributed by atoms with Crippen molar-refractivity contribution in [3.05, 3.63) is 0 Å². The Morgan fingerprint density at radius 1 is 1.47 bits per heavy atom.